The van der Waals surface area contributed by atoms with E-state index in [1.165, 1.54) is 0 Å². The van der Waals surface area contributed by atoms with Gasteiger partial charge in [-0.05, 0) is 37.5 Å². The average molecular weight is 279 g/mol. The molecule has 2 bridgehead atoms. The van der Waals surface area contributed by atoms with Gasteiger partial charge >= 0.3 is 0 Å². The number of hydrogen-bond donors (Lipinski definition) is 1. The Morgan fingerprint density at radius 2 is 2.06 bits per heavy atom. The van der Waals surface area contributed by atoms with Crippen molar-refractivity contribution in [1.29, 1.82) is 0 Å². The SMILES string of the molecule is NC12CC(c3nc4cc(Br)ccc4o3)(C1)C2. The molecule has 0 saturated heterocycles. The van der Waals surface area contributed by atoms with E-state index in [1.807, 2.05) is 18.2 Å². The van der Waals surface area contributed by atoms with Crippen LogP contribution in [0.15, 0.2) is 27.1 Å². The molecule has 3 aliphatic rings. The highest BCUT2D eigenvalue weighted by Gasteiger charge is 2.69. The number of rotatable bonds is 1. The van der Waals surface area contributed by atoms with Crippen LogP contribution in [0.25, 0.3) is 11.1 Å². The Kier molecular flexibility index (Phi) is 1.44. The molecule has 0 atom stereocenters. The molecule has 3 nitrogen and oxygen atoms in total. The molecule has 3 fully saturated rings. The number of aromatic nitrogens is 1. The van der Waals surface area contributed by atoms with Crippen molar-refractivity contribution in [3.05, 3.63) is 28.6 Å². The maximum Gasteiger partial charge on any atom is 0.201 e. The van der Waals surface area contributed by atoms with Crippen molar-refractivity contribution in [3.8, 4) is 0 Å². The molecule has 0 amide bonds. The summed E-state index contributed by atoms with van der Waals surface area (Å²) in [7, 11) is 0. The van der Waals surface area contributed by atoms with E-state index in [9.17, 15) is 0 Å². The van der Waals surface area contributed by atoms with Crippen LogP contribution in [0.4, 0.5) is 0 Å². The van der Waals surface area contributed by atoms with Gasteiger partial charge in [0.1, 0.15) is 5.52 Å². The predicted molar refractivity (Wildman–Crippen MR) is 64.2 cm³/mol. The lowest BCUT2D eigenvalue weighted by Crippen LogP contribution is -2.74. The molecule has 3 saturated carbocycles. The summed E-state index contributed by atoms with van der Waals surface area (Å²) in [6.07, 6.45) is 3.11. The third-order valence-electron chi connectivity index (χ3n) is 3.87. The lowest BCUT2D eigenvalue weighted by atomic mass is 9.40. The number of fused-ring (bicyclic) bond motifs is 1. The van der Waals surface area contributed by atoms with Gasteiger partial charge in [-0.1, -0.05) is 15.9 Å². The fourth-order valence-electron chi connectivity index (χ4n) is 3.22. The highest BCUT2D eigenvalue weighted by atomic mass is 79.9. The molecule has 2 N–H and O–H groups in total. The summed E-state index contributed by atoms with van der Waals surface area (Å²) in [5.74, 6) is 0.882. The fraction of sp³-hybridized carbons (Fsp3) is 0.417. The van der Waals surface area contributed by atoms with Gasteiger partial charge in [-0.3, -0.25) is 0 Å². The zero-order valence-electron chi connectivity index (χ0n) is 8.66. The normalized spacial score (nSPS) is 35.9. The van der Waals surface area contributed by atoms with Gasteiger partial charge in [0, 0.05) is 10.0 Å². The second kappa shape index (κ2) is 2.51. The second-order valence-corrected chi connectivity index (χ2v) is 6.22. The standard InChI is InChI=1S/C12H11BrN2O/c13-7-1-2-9-8(3-7)15-10(16-9)11-4-12(14,5-11)6-11/h1-3H,4-6,14H2. The van der Waals surface area contributed by atoms with Gasteiger partial charge in [-0.15, -0.1) is 0 Å². The Morgan fingerprint density at radius 3 is 2.75 bits per heavy atom. The van der Waals surface area contributed by atoms with Crippen LogP contribution in [0.3, 0.4) is 0 Å². The molecule has 4 heteroatoms. The smallest absolute Gasteiger partial charge is 0.201 e. The maximum atomic E-state index is 6.05. The molecule has 1 heterocycles. The molecule has 0 spiro atoms. The monoisotopic (exact) mass is 278 g/mol. The molecular formula is C12H11BrN2O. The minimum absolute atomic E-state index is 0.0985. The molecular weight excluding hydrogens is 268 g/mol. The van der Waals surface area contributed by atoms with Crippen LogP contribution in [-0.2, 0) is 5.41 Å². The highest BCUT2D eigenvalue weighted by molar-refractivity contribution is 9.10. The summed E-state index contributed by atoms with van der Waals surface area (Å²) in [6.45, 7) is 0. The van der Waals surface area contributed by atoms with Gasteiger partial charge in [-0.25, -0.2) is 4.98 Å². The molecule has 0 aliphatic heterocycles. The van der Waals surface area contributed by atoms with E-state index in [4.69, 9.17) is 10.2 Å². The van der Waals surface area contributed by atoms with Crippen LogP contribution in [0, 0.1) is 0 Å². The van der Waals surface area contributed by atoms with E-state index in [2.05, 4.69) is 20.9 Å². The number of hydrogen-bond acceptors (Lipinski definition) is 3. The number of nitrogens with zero attached hydrogens (tertiary/aromatic N) is 1. The molecule has 0 radical (unpaired) electrons. The van der Waals surface area contributed by atoms with E-state index in [-0.39, 0.29) is 11.0 Å². The summed E-state index contributed by atoms with van der Waals surface area (Å²) in [4.78, 5) is 4.58. The summed E-state index contributed by atoms with van der Waals surface area (Å²) in [5.41, 5.74) is 8.12. The molecule has 0 unspecified atom stereocenters. The third kappa shape index (κ3) is 0.992. The van der Waals surface area contributed by atoms with Crippen LogP contribution in [0.5, 0.6) is 0 Å². The molecule has 82 valence electrons. The number of nitrogens with two attached hydrogens (primary N) is 1. The highest BCUT2D eigenvalue weighted by Crippen LogP contribution is 2.66. The number of oxazole rings is 1. The summed E-state index contributed by atoms with van der Waals surface area (Å²) in [6, 6.07) is 5.93. The topological polar surface area (TPSA) is 52.0 Å². The number of halogens is 1. The van der Waals surface area contributed by atoms with Crippen molar-refractivity contribution in [3.63, 3.8) is 0 Å². The first-order valence-corrected chi connectivity index (χ1v) is 6.24. The molecule has 5 rings (SSSR count). The Balaban J connectivity index is 1.82. The zero-order valence-corrected chi connectivity index (χ0v) is 10.3. The lowest BCUT2D eigenvalue weighted by Gasteiger charge is -2.67. The molecule has 1 aromatic carbocycles. The van der Waals surface area contributed by atoms with Crippen molar-refractivity contribution < 1.29 is 4.42 Å². The minimum atomic E-state index is 0.0985. The van der Waals surface area contributed by atoms with Gasteiger partial charge < -0.3 is 10.2 Å². The van der Waals surface area contributed by atoms with Crippen molar-refractivity contribution in [2.75, 3.05) is 0 Å². The maximum absolute atomic E-state index is 6.05. The largest absolute Gasteiger partial charge is 0.440 e. The van der Waals surface area contributed by atoms with Crippen LogP contribution in [-0.4, -0.2) is 10.5 Å². The van der Waals surface area contributed by atoms with Crippen LogP contribution in [0.1, 0.15) is 25.2 Å². The summed E-state index contributed by atoms with van der Waals surface area (Å²) >= 11 is 3.44. The molecule has 16 heavy (non-hydrogen) atoms. The average Bonchev–Trinajstić information content (AvgIpc) is 2.53. The van der Waals surface area contributed by atoms with Gasteiger partial charge in [0.2, 0.25) is 5.89 Å². The third-order valence-corrected chi connectivity index (χ3v) is 4.37. The first kappa shape index (κ1) is 9.19. The Morgan fingerprint density at radius 1 is 1.31 bits per heavy atom. The van der Waals surface area contributed by atoms with Crippen LogP contribution in [0.2, 0.25) is 0 Å². The first-order chi connectivity index (χ1) is 7.59. The molecule has 1 aromatic heterocycles. The quantitative estimate of drug-likeness (QED) is 0.873. The summed E-state index contributed by atoms with van der Waals surface area (Å²) in [5, 5.41) is 0. The van der Waals surface area contributed by atoms with Crippen molar-refractivity contribution in [2.45, 2.75) is 30.2 Å². The number of benzene rings is 1. The van der Waals surface area contributed by atoms with E-state index >= 15 is 0 Å². The Hall–Kier alpha value is -0.870. The van der Waals surface area contributed by atoms with Crippen LogP contribution < -0.4 is 5.73 Å². The first-order valence-electron chi connectivity index (χ1n) is 5.44. The van der Waals surface area contributed by atoms with E-state index < -0.39 is 0 Å². The van der Waals surface area contributed by atoms with Crippen molar-refractivity contribution >= 4 is 27.0 Å². The van der Waals surface area contributed by atoms with Gasteiger partial charge in [0.15, 0.2) is 5.58 Å². The Labute approximate surface area is 101 Å². The van der Waals surface area contributed by atoms with Crippen LogP contribution >= 0.6 is 15.9 Å². The van der Waals surface area contributed by atoms with Gasteiger partial charge in [0.05, 0.1) is 5.41 Å². The molecule has 2 aromatic rings. The molecule has 3 aliphatic carbocycles. The summed E-state index contributed by atoms with van der Waals surface area (Å²) < 4.78 is 6.86. The lowest BCUT2D eigenvalue weighted by molar-refractivity contribution is -0.0757. The van der Waals surface area contributed by atoms with Crippen molar-refractivity contribution in [1.82, 2.24) is 4.98 Å². The second-order valence-electron chi connectivity index (χ2n) is 5.30. The van der Waals surface area contributed by atoms with E-state index in [0.29, 0.717) is 0 Å². The Bertz CT molecular complexity index is 584. The van der Waals surface area contributed by atoms with E-state index in [1.54, 1.807) is 0 Å². The van der Waals surface area contributed by atoms with Crippen molar-refractivity contribution in [2.24, 2.45) is 5.73 Å². The van der Waals surface area contributed by atoms with Gasteiger partial charge in [-0.2, -0.15) is 0 Å². The van der Waals surface area contributed by atoms with Gasteiger partial charge in [0.25, 0.3) is 0 Å². The van der Waals surface area contributed by atoms with E-state index in [0.717, 1.165) is 40.7 Å². The predicted octanol–water partition coefficient (Wildman–Crippen LogP) is 2.72. The zero-order chi connectivity index (χ0) is 11.0. The minimum Gasteiger partial charge on any atom is -0.440 e. The fourth-order valence-corrected chi connectivity index (χ4v) is 3.57.